The molecule has 1 atom stereocenters. The van der Waals surface area contributed by atoms with E-state index < -0.39 is 0 Å². The minimum Gasteiger partial charge on any atom is -0.493 e. The third kappa shape index (κ3) is 3.13. The summed E-state index contributed by atoms with van der Waals surface area (Å²) in [5, 5.41) is 0. The zero-order valence-corrected chi connectivity index (χ0v) is 10.9. The second kappa shape index (κ2) is 5.41. The van der Waals surface area contributed by atoms with Crippen molar-refractivity contribution in [2.45, 2.75) is 13.3 Å². The molecule has 0 aliphatic carbocycles. The van der Waals surface area contributed by atoms with Crippen LogP contribution in [-0.4, -0.2) is 38.8 Å². The molecule has 1 aliphatic rings. The molecule has 17 heavy (non-hydrogen) atoms. The molecule has 0 aromatic heterocycles. The first-order chi connectivity index (χ1) is 8.19. The molecule has 3 nitrogen and oxygen atoms in total. The normalized spacial score (nSPS) is 20.5. The first-order valence-electron chi connectivity index (χ1n) is 6.15. The highest BCUT2D eigenvalue weighted by Gasteiger charge is 2.20. The third-order valence-corrected chi connectivity index (χ3v) is 3.28. The van der Waals surface area contributed by atoms with Gasteiger partial charge in [0, 0.05) is 12.5 Å². The number of nitrogens with zero attached hydrogens (tertiary/aromatic N) is 1. The Morgan fingerprint density at radius 3 is 2.82 bits per heavy atom. The van der Waals surface area contributed by atoms with Crippen molar-refractivity contribution in [1.29, 1.82) is 0 Å². The number of likely N-dealkylation sites (tertiary alicyclic amines) is 1. The number of hydrogen-bond acceptors (Lipinski definition) is 3. The maximum Gasteiger partial charge on any atom is 0.161 e. The molecular formula is C14H21NO2. The van der Waals surface area contributed by atoms with Crippen LogP contribution in [0, 0.1) is 12.8 Å². The Balaban J connectivity index is 1.96. The molecular weight excluding hydrogens is 214 g/mol. The summed E-state index contributed by atoms with van der Waals surface area (Å²) < 4.78 is 11.2. The van der Waals surface area contributed by atoms with Crippen LogP contribution in [0.25, 0.3) is 0 Å². The molecule has 0 amide bonds. The van der Waals surface area contributed by atoms with Crippen molar-refractivity contribution in [3.63, 3.8) is 0 Å². The number of rotatable bonds is 4. The molecule has 0 saturated carbocycles. The van der Waals surface area contributed by atoms with Crippen LogP contribution in [0.5, 0.6) is 11.5 Å². The molecule has 1 aliphatic heterocycles. The topological polar surface area (TPSA) is 21.7 Å². The van der Waals surface area contributed by atoms with E-state index in [2.05, 4.69) is 18.9 Å². The van der Waals surface area contributed by atoms with Gasteiger partial charge in [-0.2, -0.15) is 0 Å². The van der Waals surface area contributed by atoms with Crippen LogP contribution in [0.1, 0.15) is 12.0 Å². The minimum atomic E-state index is 0.644. The van der Waals surface area contributed by atoms with Crippen LogP contribution in [0.2, 0.25) is 0 Å². The molecule has 3 heteroatoms. The van der Waals surface area contributed by atoms with Gasteiger partial charge in [-0.1, -0.05) is 6.07 Å². The molecule has 2 rings (SSSR count). The second-order valence-corrected chi connectivity index (χ2v) is 4.88. The first-order valence-corrected chi connectivity index (χ1v) is 6.15. The summed E-state index contributed by atoms with van der Waals surface area (Å²) in [6, 6.07) is 6.04. The fourth-order valence-electron chi connectivity index (χ4n) is 2.27. The van der Waals surface area contributed by atoms with Gasteiger partial charge in [-0.3, -0.25) is 0 Å². The van der Waals surface area contributed by atoms with Crippen LogP contribution in [-0.2, 0) is 0 Å². The molecule has 1 aromatic carbocycles. The van der Waals surface area contributed by atoms with Crippen molar-refractivity contribution in [2.75, 3.05) is 33.9 Å². The Morgan fingerprint density at radius 1 is 1.35 bits per heavy atom. The van der Waals surface area contributed by atoms with Crippen LogP contribution in [0.3, 0.4) is 0 Å². The van der Waals surface area contributed by atoms with Gasteiger partial charge in [0.15, 0.2) is 11.5 Å². The van der Waals surface area contributed by atoms with E-state index in [1.165, 1.54) is 18.5 Å². The van der Waals surface area contributed by atoms with Crippen molar-refractivity contribution < 1.29 is 9.47 Å². The molecule has 0 spiro atoms. The van der Waals surface area contributed by atoms with Gasteiger partial charge in [0.2, 0.25) is 0 Å². The standard InChI is InChI=1S/C14H21NO2/c1-11-4-5-13(16-3)14(8-11)17-10-12-6-7-15(2)9-12/h4-5,8,12H,6-7,9-10H2,1-3H3. The van der Waals surface area contributed by atoms with E-state index in [4.69, 9.17) is 9.47 Å². The van der Waals surface area contributed by atoms with E-state index in [1.54, 1.807) is 7.11 Å². The van der Waals surface area contributed by atoms with Gasteiger partial charge >= 0.3 is 0 Å². The lowest BCUT2D eigenvalue weighted by molar-refractivity contribution is 0.238. The number of benzene rings is 1. The molecule has 0 bridgehead atoms. The number of hydrogen-bond donors (Lipinski definition) is 0. The third-order valence-electron chi connectivity index (χ3n) is 3.28. The summed E-state index contributed by atoms with van der Waals surface area (Å²) in [6.07, 6.45) is 1.23. The minimum absolute atomic E-state index is 0.644. The van der Waals surface area contributed by atoms with E-state index in [1.807, 2.05) is 18.2 Å². The van der Waals surface area contributed by atoms with Crippen LogP contribution in [0.4, 0.5) is 0 Å². The molecule has 1 heterocycles. The predicted molar refractivity (Wildman–Crippen MR) is 68.8 cm³/mol. The maximum absolute atomic E-state index is 5.89. The second-order valence-electron chi connectivity index (χ2n) is 4.88. The van der Waals surface area contributed by atoms with Crippen molar-refractivity contribution in [3.05, 3.63) is 23.8 Å². The Bertz CT molecular complexity index is 378. The monoisotopic (exact) mass is 235 g/mol. The summed E-state index contributed by atoms with van der Waals surface area (Å²) in [4.78, 5) is 2.35. The molecule has 1 aromatic rings. The van der Waals surface area contributed by atoms with Crippen molar-refractivity contribution in [2.24, 2.45) is 5.92 Å². The van der Waals surface area contributed by atoms with Gasteiger partial charge in [0.05, 0.1) is 13.7 Å². The molecule has 0 radical (unpaired) electrons. The van der Waals surface area contributed by atoms with Crippen LogP contribution in [0.15, 0.2) is 18.2 Å². The van der Waals surface area contributed by atoms with Gasteiger partial charge < -0.3 is 14.4 Å². The SMILES string of the molecule is COc1ccc(C)cc1OCC1CCN(C)C1. The van der Waals surface area contributed by atoms with Crippen molar-refractivity contribution in [1.82, 2.24) is 4.90 Å². The van der Waals surface area contributed by atoms with Gasteiger partial charge in [-0.05, 0) is 44.6 Å². The van der Waals surface area contributed by atoms with E-state index in [0.717, 1.165) is 24.7 Å². The average Bonchev–Trinajstić information content (AvgIpc) is 2.73. The van der Waals surface area contributed by atoms with Gasteiger partial charge in [0.25, 0.3) is 0 Å². The smallest absolute Gasteiger partial charge is 0.161 e. The van der Waals surface area contributed by atoms with E-state index in [9.17, 15) is 0 Å². The highest BCUT2D eigenvalue weighted by Crippen LogP contribution is 2.28. The Hall–Kier alpha value is -1.22. The highest BCUT2D eigenvalue weighted by atomic mass is 16.5. The summed E-state index contributed by atoms with van der Waals surface area (Å²) in [6.45, 7) is 5.16. The highest BCUT2D eigenvalue weighted by molar-refractivity contribution is 5.42. The average molecular weight is 235 g/mol. The van der Waals surface area contributed by atoms with E-state index >= 15 is 0 Å². The summed E-state index contributed by atoms with van der Waals surface area (Å²) in [7, 11) is 3.84. The Morgan fingerprint density at radius 2 is 2.18 bits per heavy atom. The number of aryl methyl sites for hydroxylation is 1. The fraction of sp³-hybridized carbons (Fsp3) is 0.571. The molecule has 1 fully saturated rings. The lowest BCUT2D eigenvalue weighted by atomic mass is 10.1. The Kier molecular flexibility index (Phi) is 3.89. The van der Waals surface area contributed by atoms with Crippen molar-refractivity contribution >= 4 is 0 Å². The maximum atomic E-state index is 5.89. The molecule has 94 valence electrons. The first kappa shape index (κ1) is 12.2. The summed E-state index contributed by atoms with van der Waals surface area (Å²) in [5.41, 5.74) is 1.20. The molecule has 1 saturated heterocycles. The van der Waals surface area contributed by atoms with Gasteiger partial charge in [-0.15, -0.1) is 0 Å². The zero-order valence-electron chi connectivity index (χ0n) is 10.9. The summed E-state index contributed by atoms with van der Waals surface area (Å²) >= 11 is 0. The fourth-order valence-corrected chi connectivity index (χ4v) is 2.27. The molecule has 0 N–H and O–H groups in total. The Labute approximate surface area is 103 Å². The zero-order chi connectivity index (χ0) is 12.3. The summed E-state index contributed by atoms with van der Waals surface area (Å²) in [5.74, 6) is 2.33. The lowest BCUT2D eigenvalue weighted by Gasteiger charge is -2.15. The molecule has 1 unspecified atom stereocenters. The van der Waals surface area contributed by atoms with Gasteiger partial charge in [-0.25, -0.2) is 0 Å². The largest absolute Gasteiger partial charge is 0.493 e. The van der Waals surface area contributed by atoms with E-state index in [0.29, 0.717) is 5.92 Å². The number of methoxy groups -OCH3 is 1. The predicted octanol–water partition coefficient (Wildman–Crippen LogP) is 2.33. The van der Waals surface area contributed by atoms with E-state index in [-0.39, 0.29) is 0 Å². The lowest BCUT2D eigenvalue weighted by Crippen LogP contribution is -2.18. The number of ether oxygens (including phenoxy) is 2. The van der Waals surface area contributed by atoms with Crippen LogP contribution < -0.4 is 9.47 Å². The van der Waals surface area contributed by atoms with Crippen molar-refractivity contribution in [3.8, 4) is 11.5 Å². The quantitative estimate of drug-likeness (QED) is 0.799. The van der Waals surface area contributed by atoms with Crippen LogP contribution >= 0.6 is 0 Å². The van der Waals surface area contributed by atoms with Gasteiger partial charge in [0.1, 0.15) is 0 Å².